The van der Waals surface area contributed by atoms with Crippen LogP contribution in [-0.2, 0) is 6.42 Å². The fraction of sp³-hybridized carbons (Fsp3) is 0.654. The lowest BCUT2D eigenvalue weighted by Crippen LogP contribution is -2.57. The van der Waals surface area contributed by atoms with Gasteiger partial charge in [-0.3, -0.25) is 0 Å². The van der Waals surface area contributed by atoms with Crippen LogP contribution in [0, 0.1) is 0 Å². The second-order valence-corrected chi connectivity index (χ2v) is 17.8. The average Bonchev–Trinajstić information content (AvgIpc) is 3.08. The van der Waals surface area contributed by atoms with Gasteiger partial charge in [0.2, 0.25) is 0 Å². The van der Waals surface area contributed by atoms with E-state index in [2.05, 4.69) is 84.2 Å². The summed E-state index contributed by atoms with van der Waals surface area (Å²) < 4.78 is 1.14. The molecule has 3 atom stereocenters. The van der Waals surface area contributed by atoms with Gasteiger partial charge >= 0.3 is 6.03 Å². The minimum absolute atomic E-state index is 0.0644. The standard InChI is InChI=1S/C26H41BrN4OSi/c1-9-31(10-2)25(32)28-17-13-18-19-11-16(27)12-21-23(19)20(14-22(18)30(6)15-17)24(29-21)33(7,8)26(3,4)5/h11-12,17-18,22,29H,9-10,13-15H2,1-8H3,(H,28,32)/t17-,18?,22+/m0/s1. The maximum Gasteiger partial charge on any atom is 0.317 e. The molecule has 1 aromatic carbocycles. The normalized spacial score (nSPS) is 23.5. The van der Waals surface area contributed by atoms with E-state index in [0.717, 1.165) is 36.9 Å². The van der Waals surface area contributed by atoms with Gasteiger partial charge in [0.1, 0.15) is 8.07 Å². The molecule has 33 heavy (non-hydrogen) atoms. The van der Waals surface area contributed by atoms with Crippen molar-refractivity contribution in [2.75, 3.05) is 26.7 Å². The Morgan fingerprint density at radius 3 is 2.55 bits per heavy atom. The van der Waals surface area contributed by atoms with Crippen molar-refractivity contribution in [1.29, 1.82) is 0 Å². The molecular formula is C26H41BrN4OSi. The van der Waals surface area contributed by atoms with Crippen LogP contribution in [0.1, 0.15) is 58.1 Å². The van der Waals surface area contributed by atoms with Crippen molar-refractivity contribution in [2.45, 2.75) is 83.6 Å². The number of hydrogen-bond acceptors (Lipinski definition) is 2. The number of fused-ring (bicyclic) bond motifs is 2. The summed E-state index contributed by atoms with van der Waals surface area (Å²) in [5, 5.41) is 6.58. The molecule has 1 saturated heterocycles. The Morgan fingerprint density at radius 1 is 1.27 bits per heavy atom. The molecule has 1 unspecified atom stereocenters. The Bertz CT molecular complexity index is 1050. The smallest absolute Gasteiger partial charge is 0.317 e. The number of hydrogen-bond donors (Lipinski definition) is 2. The van der Waals surface area contributed by atoms with E-state index in [1.54, 1.807) is 5.56 Å². The van der Waals surface area contributed by atoms with Crippen LogP contribution in [0.2, 0.25) is 18.1 Å². The van der Waals surface area contributed by atoms with Crippen molar-refractivity contribution < 1.29 is 4.79 Å². The fourth-order valence-electron chi connectivity index (χ4n) is 5.85. The number of likely N-dealkylation sites (tertiary alicyclic amines) is 1. The molecule has 182 valence electrons. The molecule has 7 heteroatoms. The molecule has 0 spiro atoms. The van der Waals surface area contributed by atoms with E-state index in [1.165, 1.54) is 21.8 Å². The van der Waals surface area contributed by atoms with Crippen LogP contribution in [0.4, 0.5) is 4.79 Å². The molecule has 2 aromatic rings. The van der Waals surface area contributed by atoms with Gasteiger partial charge in [-0.05, 0) is 62.0 Å². The van der Waals surface area contributed by atoms with Gasteiger partial charge in [-0.25, -0.2) is 4.79 Å². The summed E-state index contributed by atoms with van der Waals surface area (Å²) in [4.78, 5) is 21.1. The lowest BCUT2D eigenvalue weighted by Gasteiger charge is -2.46. The van der Waals surface area contributed by atoms with Gasteiger partial charge in [-0.1, -0.05) is 49.8 Å². The first-order valence-corrected chi connectivity index (χ1v) is 16.3. The van der Waals surface area contributed by atoms with Crippen LogP contribution < -0.4 is 10.6 Å². The second kappa shape index (κ2) is 8.72. The highest BCUT2D eigenvalue weighted by atomic mass is 79.9. The topological polar surface area (TPSA) is 51.4 Å². The predicted molar refractivity (Wildman–Crippen MR) is 146 cm³/mol. The molecule has 1 fully saturated rings. The highest BCUT2D eigenvalue weighted by molar-refractivity contribution is 9.10. The first-order chi connectivity index (χ1) is 15.4. The van der Waals surface area contributed by atoms with Crippen LogP contribution in [0.25, 0.3) is 10.9 Å². The summed E-state index contributed by atoms with van der Waals surface area (Å²) in [6.45, 7) is 18.7. The molecule has 1 aromatic heterocycles. The number of benzene rings is 1. The second-order valence-electron chi connectivity index (χ2n) is 11.6. The minimum atomic E-state index is -1.72. The number of carbonyl (C=O) groups is 1. The lowest BCUT2D eigenvalue weighted by atomic mass is 9.74. The van der Waals surface area contributed by atoms with Gasteiger partial charge in [-0.2, -0.15) is 0 Å². The summed E-state index contributed by atoms with van der Waals surface area (Å²) in [5.74, 6) is 0.418. The van der Waals surface area contributed by atoms with E-state index in [1.807, 2.05) is 18.7 Å². The van der Waals surface area contributed by atoms with Crippen LogP contribution in [0.3, 0.4) is 0 Å². The van der Waals surface area contributed by atoms with Gasteiger partial charge in [0.15, 0.2) is 0 Å². The Balaban J connectivity index is 1.76. The number of halogens is 1. The number of rotatable bonds is 4. The van der Waals surface area contributed by atoms with E-state index >= 15 is 0 Å². The summed E-state index contributed by atoms with van der Waals surface area (Å²) in [6, 6.07) is 5.30. The predicted octanol–water partition coefficient (Wildman–Crippen LogP) is 5.41. The molecular weight excluding hydrogens is 492 g/mol. The highest BCUT2D eigenvalue weighted by Gasteiger charge is 2.45. The number of nitrogens with one attached hydrogen (secondary N) is 2. The third-order valence-corrected chi connectivity index (χ3v) is 14.6. The zero-order valence-electron chi connectivity index (χ0n) is 21.6. The van der Waals surface area contributed by atoms with E-state index < -0.39 is 8.07 Å². The SMILES string of the molecule is CCN(CC)C(=O)N[C@H]1CC2c3cc(Br)cc4[nH]c([Si](C)(C)C(C)(C)C)c(c34)C[C@H]2N(C)C1. The lowest BCUT2D eigenvalue weighted by molar-refractivity contribution is 0.124. The van der Waals surface area contributed by atoms with Gasteiger partial charge in [0, 0.05) is 58.3 Å². The summed E-state index contributed by atoms with van der Waals surface area (Å²) in [7, 11) is 0.519. The Kier molecular flexibility index (Phi) is 6.55. The van der Waals surface area contributed by atoms with E-state index in [0.29, 0.717) is 12.0 Å². The van der Waals surface area contributed by atoms with Gasteiger partial charge < -0.3 is 20.1 Å². The van der Waals surface area contributed by atoms with Crippen molar-refractivity contribution in [3.05, 3.63) is 27.7 Å². The van der Waals surface area contributed by atoms with Gasteiger partial charge in [0.25, 0.3) is 0 Å². The van der Waals surface area contributed by atoms with Crippen LogP contribution >= 0.6 is 15.9 Å². The summed E-state index contributed by atoms with van der Waals surface area (Å²) in [6.07, 6.45) is 2.09. The number of nitrogens with zero attached hydrogens (tertiary/aromatic N) is 2. The first kappa shape index (κ1) is 24.8. The monoisotopic (exact) mass is 532 g/mol. The Hall–Kier alpha value is -1.31. The minimum Gasteiger partial charge on any atom is -0.362 e. The number of H-pyrrole nitrogens is 1. The molecule has 5 nitrogen and oxygen atoms in total. The third-order valence-electron chi connectivity index (χ3n) is 8.77. The number of urea groups is 1. The van der Waals surface area contributed by atoms with E-state index in [-0.39, 0.29) is 17.1 Å². The third kappa shape index (κ3) is 4.18. The number of amides is 2. The van der Waals surface area contributed by atoms with Crippen molar-refractivity contribution in [3.63, 3.8) is 0 Å². The molecule has 2 heterocycles. The Morgan fingerprint density at radius 2 is 1.94 bits per heavy atom. The van der Waals surface area contributed by atoms with Crippen LogP contribution in [0.5, 0.6) is 0 Å². The first-order valence-electron chi connectivity index (χ1n) is 12.5. The zero-order chi connectivity index (χ0) is 24.3. The van der Waals surface area contributed by atoms with E-state index in [9.17, 15) is 4.79 Å². The summed E-state index contributed by atoms with van der Waals surface area (Å²) in [5.41, 5.74) is 4.27. The molecule has 2 N–H and O–H groups in total. The molecule has 4 rings (SSSR count). The van der Waals surface area contributed by atoms with Crippen LogP contribution in [-0.4, -0.2) is 67.7 Å². The number of aromatic amines is 1. The number of likely N-dealkylation sites (N-methyl/N-ethyl adjacent to an activating group) is 1. The van der Waals surface area contributed by atoms with Crippen molar-refractivity contribution >= 4 is 46.3 Å². The molecule has 2 amide bonds. The number of piperidine rings is 1. The quantitative estimate of drug-likeness (QED) is 0.517. The van der Waals surface area contributed by atoms with Crippen molar-refractivity contribution in [2.24, 2.45) is 0 Å². The number of aromatic nitrogens is 1. The molecule has 2 aliphatic rings. The zero-order valence-corrected chi connectivity index (χ0v) is 24.2. The molecule has 0 saturated carbocycles. The molecule has 0 radical (unpaired) electrons. The maximum absolute atomic E-state index is 12.8. The maximum atomic E-state index is 12.8. The molecule has 1 aliphatic heterocycles. The largest absolute Gasteiger partial charge is 0.362 e. The Labute approximate surface area is 208 Å². The van der Waals surface area contributed by atoms with Crippen LogP contribution in [0.15, 0.2) is 16.6 Å². The van der Waals surface area contributed by atoms with Gasteiger partial charge in [0.05, 0.1) is 0 Å². The number of carbonyl (C=O) groups excluding carboxylic acids is 1. The molecule has 0 bridgehead atoms. The average molecular weight is 534 g/mol. The van der Waals surface area contributed by atoms with Crippen molar-refractivity contribution in [1.82, 2.24) is 20.1 Å². The van der Waals surface area contributed by atoms with Gasteiger partial charge in [-0.15, -0.1) is 0 Å². The fourth-order valence-corrected chi connectivity index (χ4v) is 8.51. The van der Waals surface area contributed by atoms with E-state index in [4.69, 9.17) is 0 Å². The molecule has 1 aliphatic carbocycles. The summed E-state index contributed by atoms with van der Waals surface area (Å²) >= 11 is 3.80. The van der Waals surface area contributed by atoms with Crippen molar-refractivity contribution in [3.8, 4) is 0 Å². The highest BCUT2D eigenvalue weighted by Crippen LogP contribution is 2.46.